The average molecular weight is 319 g/mol. The first kappa shape index (κ1) is 17.3. The Kier molecular flexibility index (Phi) is 5.67. The average Bonchev–Trinajstić information content (AvgIpc) is 2.56. The summed E-state index contributed by atoms with van der Waals surface area (Å²) < 4.78 is 0. The Morgan fingerprint density at radius 2 is 1.78 bits per heavy atom. The van der Waals surface area contributed by atoms with E-state index in [0.29, 0.717) is 18.0 Å². The van der Waals surface area contributed by atoms with Crippen LogP contribution in [-0.4, -0.2) is 58.8 Å². The molecule has 0 radical (unpaired) electrons. The van der Waals surface area contributed by atoms with Crippen molar-refractivity contribution in [2.24, 2.45) is 5.92 Å². The number of aliphatic hydroxyl groups is 1. The van der Waals surface area contributed by atoms with Crippen LogP contribution in [0.5, 0.6) is 0 Å². The molecule has 0 unspecified atom stereocenters. The Balaban J connectivity index is 1.67. The van der Waals surface area contributed by atoms with Gasteiger partial charge in [-0.1, -0.05) is 31.1 Å². The number of rotatable bonds is 2. The molecule has 23 heavy (non-hydrogen) atoms. The van der Waals surface area contributed by atoms with Crippen LogP contribution in [0.25, 0.3) is 0 Å². The molecular formula is C20H34N2O. The molecule has 2 aliphatic heterocycles. The lowest BCUT2D eigenvalue weighted by Gasteiger charge is -2.52. The van der Waals surface area contributed by atoms with Crippen molar-refractivity contribution in [1.29, 1.82) is 0 Å². The molecule has 3 aliphatic rings. The standard InChI is InChI=1S/C20H34N2O/c1-17(2)22-16-12-20(23,18-9-4-5-10-19(18)22)11-8-15-21-13-6-3-7-14-21/h17-19,23H,3-7,9-10,12-16H2,1-2H3/t18-,19-,20-/m0/s1. The molecule has 0 aromatic rings. The zero-order valence-electron chi connectivity index (χ0n) is 15.1. The number of fused-ring (bicyclic) bond motifs is 1. The zero-order chi connectivity index (χ0) is 16.3. The first-order valence-electron chi connectivity index (χ1n) is 9.81. The molecule has 0 aromatic carbocycles. The summed E-state index contributed by atoms with van der Waals surface area (Å²) in [6, 6.07) is 1.11. The summed E-state index contributed by atoms with van der Waals surface area (Å²) >= 11 is 0. The molecule has 1 saturated carbocycles. The van der Waals surface area contributed by atoms with E-state index < -0.39 is 5.60 Å². The summed E-state index contributed by atoms with van der Waals surface area (Å²) in [5.41, 5.74) is -0.744. The van der Waals surface area contributed by atoms with E-state index in [1.54, 1.807) is 0 Å². The third-order valence-corrected chi connectivity index (χ3v) is 6.24. The summed E-state index contributed by atoms with van der Waals surface area (Å²) in [6.45, 7) is 8.78. The number of nitrogens with zero attached hydrogens (tertiary/aromatic N) is 2. The van der Waals surface area contributed by atoms with Gasteiger partial charge in [-0.3, -0.25) is 9.80 Å². The van der Waals surface area contributed by atoms with E-state index in [9.17, 15) is 5.11 Å². The van der Waals surface area contributed by atoms with Crippen molar-refractivity contribution in [2.45, 2.75) is 82.9 Å². The molecule has 1 N–H and O–H groups in total. The minimum absolute atomic E-state index is 0.348. The van der Waals surface area contributed by atoms with E-state index in [1.165, 1.54) is 51.6 Å². The minimum atomic E-state index is -0.744. The zero-order valence-corrected chi connectivity index (χ0v) is 15.1. The third-order valence-electron chi connectivity index (χ3n) is 6.24. The molecule has 0 amide bonds. The predicted molar refractivity (Wildman–Crippen MR) is 95.2 cm³/mol. The summed E-state index contributed by atoms with van der Waals surface area (Å²) in [7, 11) is 0. The summed E-state index contributed by atoms with van der Waals surface area (Å²) in [6.07, 6.45) is 9.73. The van der Waals surface area contributed by atoms with Crippen LogP contribution in [0.2, 0.25) is 0 Å². The SMILES string of the molecule is CC(C)N1CC[C@@](O)(C#CCN2CCCCC2)[C@H]2CCCC[C@@H]21. The number of piperidine rings is 2. The van der Waals surface area contributed by atoms with Crippen LogP contribution in [0.3, 0.4) is 0 Å². The topological polar surface area (TPSA) is 26.7 Å². The van der Waals surface area contributed by atoms with Gasteiger partial charge in [-0.25, -0.2) is 0 Å². The maximum atomic E-state index is 11.3. The molecule has 130 valence electrons. The van der Waals surface area contributed by atoms with Crippen LogP contribution < -0.4 is 0 Å². The first-order chi connectivity index (χ1) is 11.1. The Morgan fingerprint density at radius 1 is 1.04 bits per heavy atom. The van der Waals surface area contributed by atoms with Gasteiger partial charge >= 0.3 is 0 Å². The summed E-state index contributed by atoms with van der Waals surface area (Å²) in [5.74, 6) is 7.04. The Bertz CT molecular complexity index is 446. The highest BCUT2D eigenvalue weighted by molar-refractivity contribution is 5.21. The monoisotopic (exact) mass is 318 g/mol. The normalized spacial score (nSPS) is 36.3. The number of hydrogen-bond acceptors (Lipinski definition) is 3. The van der Waals surface area contributed by atoms with Gasteiger partial charge in [0.2, 0.25) is 0 Å². The molecule has 3 heteroatoms. The highest BCUT2D eigenvalue weighted by atomic mass is 16.3. The van der Waals surface area contributed by atoms with Gasteiger partial charge in [0.15, 0.2) is 0 Å². The highest BCUT2D eigenvalue weighted by Gasteiger charge is 2.47. The van der Waals surface area contributed by atoms with Crippen molar-refractivity contribution in [1.82, 2.24) is 9.80 Å². The molecule has 3 rings (SSSR count). The van der Waals surface area contributed by atoms with Gasteiger partial charge in [-0.05, 0) is 52.6 Å². The minimum Gasteiger partial charge on any atom is -0.377 e. The summed E-state index contributed by atoms with van der Waals surface area (Å²) in [5, 5.41) is 11.3. The van der Waals surface area contributed by atoms with E-state index in [1.807, 2.05) is 0 Å². The van der Waals surface area contributed by atoms with E-state index >= 15 is 0 Å². The van der Waals surface area contributed by atoms with E-state index in [2.05, 4.69) is 35.5 Å². The van der Waals surface area contributed by atoms with Gasteiger partial charge in [0.1, 0.15) is 5.60 Å². The van der Waals surface area contributed by atoms with Crippen molar-refractivity contribution in [3.8, 4) is 11.8 Å². The van der Waals surface area contributed by atoms with Crippen LogP contribution >= 0.6 is 0 Å². The van der Waals surface area contributed by atoms with Crippen molar-refractivity contribution >= 4 is 0 Å². The molecule has 3 atom stereocenters. The van der Waals surface area contributed by atoms with E-state index in [0.717, 1.165) is 25.9 Å². The fourth-order valence-corrected chi connectivity index (χ4v) is 4.93. The van der Waals surface area contributed by atoms with Crippen LogP contribution in [-0.2, 0) is 0 Å². The maximum absolute atomic E-state index is 11.3. The van der Waals surface area contributed by atoms with Gasteiger partial charge in [0.25, 0.3) is 0 Å². The number of likely N-dealkylation sites (tertiary alicyclic amines) is 2. The first-order valence-corrected chi connectivity index (χ1v) is 9.81. The Morgan fingerprint density at radius 3 is 2.52 bits per heavy atom. The molecule has 3 nitrogen and oxygen atoms in total. The lowest BCUT2D eigenvalue weighted by Crippen LogP contribution is -2.60. The Labute approximate surface area is 142 Å². The lowest BCUT2D eigenvalue weighted by atomic mass is 9.69. The summed E-state index contributed by atoms with van der Waals surface area (Å²) in [4.78, 5) is 5.06. The molecule has 1 aliphatic carbocycles. The largest absolute Gasteiger partial charge is 0.377 e. The third kappa shape index (κ3) is 3.92. The fourth-order valence-electron chi connectivity index (χ4n) is 4.93. The molecule has 0 spiro atoms. The predicted octanol–water partition coefficient (Wildman–Crippen LogP) is 2.88. The quantitative estimate of drug-likeness (QED) is 0.793. The van der Waals surface area contributed by atoms with Crippen molar-refractivity contribution in [3.05, 3.63) is 0 Å². The molecule has 0 aromatic heterocycles. The second-order valence-corrected chi connectivity index (χ2v) is 8.10. The second-order valence-electron chi connectivity index (χ2n) is 8.10. The molecule has 3 fully saturated rings. The van der Waals surface area contributed by atoms with Gasteiger partial charge in [-0.2, -0.15) is 0 Å². The van der Waals surface area contributed by atoms with Crippen LogP contribution in [0.1, 0.15) is 65.2 Å². The molecule has 2 saturated heterocycles. The van der Waals surface area contributed by atoms with Gasteiger partial charge in [-0.15, -0.1) is 0 Å². The van der Waals surface area contributed by atoms with Crippen molar-refractivity contribution in [3.63, 3.8) is 0 Å². The molecule has 2 heterocycles. The van der Waals surface area contributed by atoms with E-state index in [4.69, 9.17) is 0 Å². The van der Waals surface area contributed by atoms with Crippen LogP contribution in [0.15, 0.2) is 0 Å². The maximum Gasteiger partial charge on any atom is 0.131 e. The number of hydrogen-bond donors (Lipinski definition) is 1. The Hall–Kier alpha value is -0.560. The molecular weight excluding hydrogens is 284 g/mol. The molecule has 0 bridgehead atoms. The fraction of sp³-hybridized carbons (Fsp3) is 0.900. The second kappa shape index (κ2) is 7.55. The smallest absolute Gasteiger partial charge is 0.131 e. The lowest BCUT2D eigenvalue weighted by molar-refractivity contribution is -0.0871. The highest BCUT2D eigenvalue weighted by Crippen LogP contribution is 2.41. The van der Waals surface area contributed by atoms with Crippen LogP contribution in [0.4, 0.5) is 0 Å². The van der Waals surface area contributed by atoms with Gasteiger partial charge in [0, 0.05) is 31.0 Å². The van der Waals surface area contributed by atoms with Crippen molar-refractivity contribution in [2.75, 3.05) is 26.2 Å². The van der Waals surface area contributed by atoms with Crippen LogP contribution in [0, 0.1) is 17.8 Å². The van der Waals surface area contributed by atoms with E-state index in [-0.39, 0.29) is 0 Å². The van der Waals surface area contributed by atoms with Gasteiger partial charge in [0.05, 0.1) is 6.54 Å². The van der Waals surface area contributed by atoms with Gasteiger partial charge < -0.3 is 5.11 Å². The van der Waals surface area contributed by atoms with Crippen molar-refractivity contribution < 1.29 is 5.11 Å².